The van der Waals surface area contributed by atoms with E-state index in [0.29, 0.717) is 24.5 Å². The molecule has 0 radical (unpaired) electrons. The van der Waals surface area contributed by atoms with Crippen LogP contribution in [0.3, 0.4) is 0 Å². The molecule has 2 heterocycles. The molecule has 0 saturated heterocycles. The highest BCUT2D eigenvalue weighted by Crippen LogP contribution is 2.30. The highest BCUT2D eigenvalue weighted by molar-refractivity contribution is 6.30. The maximum Gasteiger partial charge on any atom is 0.261 e. The van der Waals surface area contributed by atoms with Crippen LogP contribution in [-0.2, 0) is 17.8 Å². The summed E-state index contributed by atoms with van der Waals surface area (Å²) in [4.78, 5) is 16.0. The maximum absolute atomic E-state index is 12.0. The molecule has 5 nitrogen and oxygen atoms in total. The zero-order valence-electron chi connectivity index (χ0n) is 10.8. The van der Waals surface area contributed by atoms with Crippen molar-refractivity contribution in [2.75, 3.05) is 6.54 Å². The third kappa shape index (κ3) is 2.77. The molecule has 1 atom stereocenters. The monoisotopic (exact) mass is 291 g/mol. The Kier molecular flexibility index (Phi) is 3.60. The molecular formula is C14H14ClN3O2. The van der Waals surface area contributed by atoms with Gasteiger partial charge in [0.15, 0.2) is 6.10 Å². The van der Waals surface area contributed by atoms with Crippen molar-refractivity contribution in [1.29, 1.82) is 0 Å². The number of halogens is 1. The van der Waals surface area contributed by atoms with Gasteiger partial charge in [-0.25, -0.2) is 4.98 Å². The molecular weight excluding hydrogens is 278 g/mol. The van der Waals surface area contributed by atoms with Gasteiger partial charge in [0.25, 0.3) is 5.91 Å². The van der Waals surface area contributed by atoms with E-state index in [0.717, 1.165) is 11.3 Å². The van der Waals surface area contributed by atoms with Crippen LogP contribution >= 0.6 is 11.6 Å². The van der Waals surface area contributed by atoms with Crippen LogP contribution in [0.1, 0.15) is 5.56 Å². The molecule has 6 heteroatoms. The van der Waals surface area contributed by atoms with Crippen molar-refractivity contribution in [3.05, 3.63) is 47.5 Å². The minimum atomic E-state index is -0.466. The van der Waals surface area contributed by atoms with E-state index in [-0.39, 0.29) is 5.91 Å². The average molecular weight is 292 g/mol. The molecule has 0 fully saturated rings. The van der Waals surface area contributed by atoms with Crippen LogP contribution in [0.15, 0.2) is 36.9 Å². The SMILES string of the molecule is O=C(NCCn1ccnc1)C1Cc2cc(Cl)ccc2O1. The molecule has 3 rings (SSSR count). The van der Waals surface area contributed by atoms with Crippen molar-refractivity contribution in [1.82, 2.24) is 14.9 Å². The summed E-state index contributed by atoms with van der Waals surface area (Å²) < 4.78 is 7.53. The Balaban J connectivity index is 1.52. The topological polar surface area (TPSA) is 56.2 Å². The van der Waals surface area contributed by atoms with Gasteiger partial charge in [-0.1, -0.05) is 11.6 Å². The molecule has 1 aliphatic rings. The first-order chi connectivity index (χ1) is 9.72. The lowest BCUT2D eigenvalue weighted by Crippen LogP contribution is -2.38. The van der Waals surface area contributed by atoms with E-state index >= 15 is 0 Å². The lowest BCUT2D eigenvalue weighted by Gasteiger charge is -2.11. The molecule has 0 bridgehead atoms. The van der Waals surface area contributed by atoms with E-state index in [1.54, 1.807) is 24.7 Å². The second kappa shape index (κ2) is 5.54. The van der Waals surface area contributed by atoms with Crippen LogP contribution in [-0.4, -0.2) is 28.1 Å². The fourth-order valence-electron chi connectivity index (χ4n) is 2.20. The summed E-state index contributed by atoms with van der Waals surface area (Å²) in [6.07, 6.45) is 5.38. The number of rotatable bonds is 4. The number of hydrogen-bond donors (Lipinski definition) is 1. The molecule has 0 aliphatic carbocycles. The number of nitrogens with zero attached hydrogens (tertiary/aromatic N) is 2. The summed E-state index contributed by atoms with van der Waals surface area (Å²) in [6.45, 7) is 1.24. The lowest BCUT2D eigenvalue weighted by molar-refractivity contribution is -0.127. The molecule has 1 unspecified atom stereocenters. The van der Waals surface area contributed by atoms with E-state index in [1.807, 2.05) is 16.8 Å². The summed E-state index contributed by atoms with van der Waals surface area (Å²) in [5.41, 5.74) is 0.979. The number of fused-ring (bicyclic) bond motifs is 1. The largest absolute Gasteiger partial charge is 0.480 e. The molecule has 2 aromatic rings. The highest BCUT2D eigenvalue weighted by atomic mass is 35.5. The molecule has 1 amide bonds. The van der Waals surface area contributed by atoms with Gasteiger partial charge < -0.3 is 14.6 Å². The Labute approximate surface area is 121 Å². The first kappa shape index (κ1) is 13.0. The predicted octanol–water partition coefficient (Wildman–Crippen LogP) is 1.66. The van der Waals surface area contributed by atoms with Gasteiger partial charge in [-0.2, -0.15) is 0 Å². The first-order valence-corrected chi connectivity index (χ1v) is 6.79. The maximum atomic E-state index is 12.0. The molecule has 20 heavy (non-hydrogen) atoms. The molecule has 1 N–H and O–H groups in total. The minimum Gasteiger partial charge on any atom is -0.480 e. The normalized spacial score (nSPS) is 16.6. The molecule has 0 spiro atoms. The van der Waals surface area contributed by atoms with Crippen LogP contribution in [0.5, 0.6) is 5.75 Å². The molecule has 1 aromatic heterocycles. The summed E-state index contributed by atoms with van der Waals surface area (Å²) >= 11 is 5.93. The van der Waals surface area contributed by atoms with Crippen LogP contribution in [0.2, 0.25) is 5.02 Å². The average Bonchev–Trinajstić information content (AvgIpc) is 3.06. The predicted molar refractivity (Wildman–Crippen MR) is 74.8 cm³/mol. The van der Waals surface area contributed by atoms with Gasteiger partial charge in [0, 0.05) is 36.9 Å². The quantitative estimate of drug-likeness (QED) is 0.932. The van der Waals surface area contributed by atoms with E-state index < -0.39 is 6.10 Å². The summed E-state index contributed by atoms with van der Waals surface area (Å²) in [7, 11) is 0. The van der Waals surface area contributed by atoms with E-state index in [2.05, 4.69) is 10.3 Å². The smallest absolute Gasteiger partial charge is 0.261 e. The van der Waals surface area contributed by atoms with E-state index in [9.17, 15) is 4.79 Å². The fraction of sp³-hybridized carbons (Fsp3) is 0.286. The molecule has 104 valence electrons. The van der Waals surface area contributed by atoms with Crippen molar-refractivity contribution in [3.8, 4) is 5.75 Å². The van der Waals surface area contributed by atoms with Crippen molar-refractivity contribution in [3.63, 3.8) is 0 Å². The van der Waals surface area contributed by atoms with E-state index in [1.165, 1.54) is 0 Å². The van der Waals surface area contributed by atoms with Gasteiger partial charge >= 0.3 is 0 Å². The van der Waals surface area contributed by atoms with Crippen LogP contribution < -0.4 is 10.1 Å². The number of hydrogen-bond acceptors (Lipinski definition) is 3. The Morgan fingerprint density at radius 1 is 1.55 bits per heavy atom. The van der Waals surface area contributed by atoms with Gasteiger partial charge in [0.1, 0.15) is 5.75 Å². The summed E-state index contributed by atoms with van der Waals surface area (Å²) in [5.74, 6) is 0.640. The summed E-state index contributed by atoms with van der Waals surface area (Å²) in [6, 6.07) is 5.41. The lowest BCUT2D eigenvalue weighted by atomic mass is 10.1. The third-order valence-corrected chi connectivity index (χ3v) is 3.45. The third-order valence-electron chi connectivity index (χ3n) is 3.22. The Hall–Kier alpha value is -2.01. The zero-order chi connectivity index (χ0) is 13.9. The van der Waals surface area contributed by atoms with E-state index in [4.69, 9.17) is 16.3 Å². The number of imidazole rings is 1. The van der Waals surface area contributed by atoms with Crippen LogP contribution in [0.4, 0.5) is 0 Å². The van der Waals surface area contributed by atoms with Gasteiger partial charge in [-0.05, 0) is 23.8 Å². The molecule has 1 aromatic carbocycles. The fourth-order valence-corrected chi connectivity index (χ4v) is 2.40. The van der Waals surface area contributed by atoms with Crippen molar-refractivity contribution in [2.45, 2.75) is 19.1 Å². The zero-order valence-corrected chi connectivity index (χ0v) is 11.5. The standard InChI is InChI=1S/C14H14ClN3O2/c15-11-1-2-12-10(7-11)8-13(20-12)14(19)17-4-6-18-5-3-16-9-18/h1-3,5,7,9,13H,4,6,8H2,(H,17,19). The Morgan fingerprint density at radius 2 is 2.45 bits per heavy atom. The first-order valence-electron chi connectivity index (χ1n) is 6.41. The second-order valence-electron chi connectivity index (χ2n) is 4.65. The van der Waals surface area contributed by atoms with Crippen LogP contribution in [0, 0.1) is 0 Å². The second-order valence-corrected chi connectivity index (χ2v) is 5.09. The van der Waals surface area contributed by atoms with Gasteiger partial charge in [-0.3, -0.25) is 4.79 Å². The molecule has 1 aliphatic heterocycles. The van der Waals surface area contributed by atoms with Gasteiger partial charge in [0.2, 0.25) is 0 Å². The van der Waals surface area contributed by atoms with Crippen molar-refractivity contribution >= 4 is 17.5 Å². The molecule has 0 saturated carbocycles. The number of benzene rings is 1. The number of carbonyl (C=O) groups excluding carboxylic acids is 1. The Bertz CT molecular complexity index is 613. The van der Waals surface area contributed by atoms with Crippen LogP contribution in [0.25, 0.3) is 0 Å². The van der Waals surface area contributed by atoms with Gasteiger partial charge in [-0.15, -0.1) is 0 Å². The van der Waals surface area contributed by atoms with Crippen molar-refractivity contribution < 1.29 is 9.53 Å². The number of ether oxygens (including phenoxy) is 1. The highest BCUT2D eigenvalue weighted by Gasteiger charge is 2.28. The Morgan fingerprint density at radius 3 is 3.25 bits per heavy atom. The number of amides is 1. The minimum absolute atomic E-state index is 0.0996. The van der Waals surface area contributed by atoms with Crippen molar-refractivity contribution in [2.24, 2.45) is 0 Å². The number of aromatic nitrogens is 2. The summed E-state index contributed by atoms with van der Waals surface area (Å²) in [5, 5.41) is 3.53. The number of nitrogens with one attached hydrogen (secondary N) is 1. The number of carbonyl (C=O) groups is 1. The van der Waals surface area contributed by atoms with Gasteiger partial charge in [0.05, 0.1) is 6.33 Å².